The van der Waals surface area contributed by atoms with Crippen LogP contribution in [0, 0.1) is 5.92 Å². The SMILES string of the molecule is COC(=O)/C(=N/NC(N)=O)[C@H](C(=O)C=C(C)C)C(=O)C(=O)Nc1ccc(Cl)c(Cl)c1. The number of allylic oxidation sites excluding steroid dienone is 2. The first-order chi connectivity index (χ1) is 14.0. The zero-order valence-electron chi connectivity index (χ0n) is 16.1. The van der Waals surface area contributed by atoms with Crippen molar-refractivity contribution in [1.29, 1.82) is 0 Å². The fourth-order valence-electron chi connectivity index (χ4n) is 2.10. The third-order valence-corrected chi connectivity index (χ3v) is 4.07. The number of nitrogens with one attached hydrogen (secondary N) is 2. The second kappa shape index (κ2) is 11.1. The summed E-state index contributed by atoms with van der Waals surface area (Å²) in [6, 6.07) is 2.87. The van der Waals surface area contributed by atoms with Gasteiger partial charge in [0.2, 0.25) is 5.78 Å². The molecule has 10 nitrogen and oxygen atoms in total. The highest BCUT2D eigenvalue weighted by atomic mass is 35.5. The molecule has 0 aliphatic heterocycles. The molecule has 1 atom stereocenters. The van der Waals surface area contributed by atoms with Gasteiger partial charge in [-0.3, -0.25) is 14.4 Å². The molecule has 1 aromatic rings. The Bertz CT molecular complexity index is 954. The van der Waals surface area contributed by atoms with Crippen LogP contribution in [0.3, 0.4) is 0 Å². The molecule has 0 aromatic heterocycles. The number of amides is 3. The Hall–Kier alpha value is -3.24. The molecular weight excluding hydrogens is 439 g/mol. The normalized spacial score (nSPS) is 11.7. The standard InChI is InChI=1S/C18H18Cl2N4O6/c1-8(2)6-12(25)13(14(17(28)30-3)23-24-18(21)29)15(26)16(27)22-9-4-5-10(19)11(20)7-9/h4-7,13H,1-3H3,(H,22,27)(H3,21,24,29)/b23-14+/t13-/m0/s1. The van der Waals surface area contributed by atoms with E-state index >= 15 is 0 Å². The molecule has 4 N–H and O–H groups in total. The quantitative estimate of drug-likeness (QED) is 0.135. The van der Waals surface area contributed by atoms with E-state index in [1.165, 1.54) is 18.2 Å². The van der Waals surface area contributed by atoms with E-state index in [0.29, 0.717) is 5.57 Å². The number of ether oxygens (including phenoxy) is 1. The van der Waals surface area contributed by atoms with Gasteiger partial charge in [-0.05, 0) is 38.1 Å². The number of methoxy groups -OCH3 is 1. The van der Waals surface area contributed by atoms with Crippen LogP contribution in [0.25, 0.3) is 0 Å². The average molecular weight is 457 g/mol. The molecule has 0 aliphatic rings. The molecule has 0 spiro atoms. The number of esters is 1. The number of anilines is 1. The Morgan fingerprint density at radius 2 is 1.77 bits per heavy atom. The third kappa shape index (κ3) is 6.98. The Kier molecular flexibility index (Phi) is 9.16. The fraction of sp³-hybridized carbons (Fsp3) is 0.222. The second-order valence-corrected chi connectivity index (χ2v) is 6.78. The van der Waals surface area contributed by atoms with Gasteiger partial charge in [0, 0.05) is 5.69 Å². The number of hydrogen-bond donors (Lipinski definition) is 3. The number of primary amides is 1. The van der Waals surface area contributed by atoms with Gasteiger partial charge in [0.1, 0.15) is 5.92 Å². The van der Waals surface area contributed by atoms with Gasteiger partial charge in [0.25, 0.3) is 5.91 Å². The first kappa shape index (κ1) is 24.8. The van der Waals surface area contributed by atoms with Crippen LogP contribution in [-0.4, -0.2) is 42.3 Å². The van der Waals surface area contributed by atoms with Crippen LogP contribution >= 0.6 is 23.2 Å². The zero-order chi connectivity index (χ0) is 23.0. The van der Waals surface area contributed by atoms with Crippen LogP contribution in [0.2, 0.25) is 10.0 Å². The van der Waals surface area contributed by atoms with Crippen molar-refractivity contribution in [2.24, 2.45) is 16.8 Å². The monoisotopic (exact) mass is 456 g/mol. The van der Waals surface area contributed by atoms with Gasteiger partial charge in [0.05, 0.1) is 17.2 Å². The third-order valence-electron chi connectivity index (χ3n) is 3.33. The molecule has 0 saturated heterocycles. The Balaban J connectivity index is 3.37. The van der Waals surface area contributed by atoms with E-state index in [0.717, 1.165) is 13.2 Å². The van der Waals surface area contributed by atoms with Gasteiger partial charge in [0.15, 0.2) is 11.5 Å². The largest absolute Gasteiger partial charge is 0.464 e. The number of Topliss-reactive ketones (excluding diaryl/α,β-unsaturated/α-hetero) is 1. The number of ketones is 2. The number of benzene rings is 1. The number of carbonyl (C=O) groups is 5. The number of nitrogens with two attached hydrogens (primary N) is 1. The number of nitrogens with zero attached hydrogens (tertiary/aromatic N) is 1. The van der Waals surface area contributed by atoms with E-state index in [1.807, 2.05) is 0 Å². The minimum atomic E-state index is -2.00. The van der Waals surface area contributed by atoms with Crippen molar-refractivity contribution in [2.75, 3.05) is 12.4 Å². The number of hydrogen-bond acceptors (Lipinski definition) is 7. The summed E-state index contributed by atoms with van der Waals surface area (Å²) in [5, 5.41) is 5.97. The number of halogens is 2. The van der Waals surface area contributed by atoms with Gasteiger partial charge in [-0.25, -0.2) is 15.0 Å². The molecular formula is C18H18Cl2N4O6. The lowest BCUT2D eigenvalue weighted by Crippen LogP contribution is -2.43. The molecule has 0 bridgehead atoms. The summed E-state index contributed by atoms with van der Waals surface area (Å²) in [7, 11) is 0.963. The van der Waals surface area contributed by atoms with E-state index in [1.54, 1.807) is 19.3 Å². The molecule has 0 heterocycles. The number of carbonyl (C=O) groups excluding carboxylic acids is 5. The molecule has 3 amide bonds. The summed E-state index contributed by atoms with van der Waals surface area (Å²) in [4.78, 5) is 60.9. The lowest BCUT2D eigenvalue weighted by Gasteiger charge is -2.14. The summed E-state index contributed by atoms with van der Waals surface area (Å²) in [5.41, 5.74) is 6.42. The van der Waals surface area contributed by atoms with Gasteiger partial charge in [-0.15, -0.1) is 0 Å². The van der Waals surface area contributed by atoms with Crippen LogP contribution in [0.5, 0.6) is 0 Å². The highest BCUT2D eigenvalue weighted by Crippen LogP contribution is 2.25. The maximum atomic E-state index is 12.8. The van der Waals surface area contributed by atoms with Gasteiger partial charge < -0.3 is 15.8 Å². The molecule has 30 heavy (non-hydrogen) atoms. The number of urea groups is 1. The highest BCUT2D eigenvalue weighted by Gasteiger charge is 2.39. The summed E-state index contributed by atoms with van der Waals surface area (Å²) in [5.74, 6) is -6.73. The maximum absolute atomic E-state index is 12.8. The molecule has 0 aliphatic carbocycles. The molecule has 1 rings (SSSR count). The van der Waals surface area contributed by atoms with Crippen molar-refractivity contribution in [1.82, 2.24) is 5.43 Å². The molecule has 1 aromatic carbocycles. The first-order valence-corrected chi connectivity index (χ1v) is 8.93. The van der Waals surface area contributed by atoms with Gasteiger partial charge in [-0.1, -0.05) is 28.8 Å². The predicted molar refractivity (Wildman–Crippen MR) is 110 cm³/mol. The summed E-state index contributed by atoms with van der Waals surface area (Å²) >= 11 is 11.7. The molecule has 0 saturated carbocycles. The predicted octanol–water partition coefficient (Wildman–Crippen LogP) is 1.85. The number of rotatable bonds is 8. The summed E-state index contributed by atoms with van der Waals surface area (Å²) < 4.78 is 4.51. The Morgan fingerprint density at radius 1 is 1.13 bits per heavy atom. The van der Waals surface area contributed by atoms with Crippen molar-refractivity contribution in [3.8, 4) is 0 Å². The average Bonchev–Trinajstić information content (AvgIpc) is 2.65. The van der Waals surface area contributed by atoms with E-state index in [4.69, 9.17) is 28.9 Å². The summed E-state index contributed by atoms with van der Waals surface area (Å²) in [6.07, 6.45) is 1.04. The highest BCUT2D eigenvalue weighted by molar-refractivity contribution is 6.56. The minimum absolute atomic E-state index is 0.113. The van der Waals surface area contributed by atoms with Crippen LogP contribution in [0.4, 0.5) is 10.5 Å². The topological polar surface area (TPSA) is 157 Å². The van der Waals surface area contributed by atoms with E-state index < -0.39 is 41.1 Å². The van der Waals surface area contributed by atoms with Crippen LogP contribution in [0.15, 0.2) is 34.9 Å². The Labute approximate surface area is 181 Å². The minimum Gasteiger partial charge on any atom is -0.464 e. The van der Waals surface area contributed by atoms with Gasteiger partial charge >= 0.3 is 12.0 Å². The zero-order valence-corrected chi connectivity index (χ0v) is 17.6. The van der Waals surface area contributed by atoms with Gasteiger partial charge in [-0.2, -0.15) is 5.10 Å². The van der Waals surface area contributed by atoms with Crippen molar-refractivity contribution in [3.63, 3.8) is 0 Å². The van der Waals surface area contributed by atoms with E-state index in [-0.39, 0.29) is 15.7 Å². The maximum Gasteiger partial charge on any atom is 0.355 e. The molecule has 160 valence electrons. The van der Waals surface area contributed by atoms with Crippen molar-refractivity contribution < 1.29 is 28.7 Å². The summed E-state index contributed by atoms with van der Waals surface area (Å²) in [6.45, 7) is 3.12. The molecule has 0 radical (unpaired) electrons. The molecule has 0 unspecified atom stereocenters. The van der Waals surface area contributed by atoms with Crippen LogP contribution in [0.1, 0.15) is 13.8 Å². The van der Waals surface area contributed by atoms with Crippen molar-refractivity contribution >= 4 is 64.1 Å². The first-order valence-electron chi connectivity index (χ1n) is 8.18. The molecule has 0 fully saturated rings. The van der Waals surface area contributed by atoms with Crippen LogP contribution < -0.4 is 16.5 Å². The Morgan fingerprint density at radius 3 is 2.27 bits per heavy atom. The smallest absolute Gasteiger partial charge is 0.355 e. The number of hydrazone groups is 1. The fourth-order valence-corrected chi connectivity index (χ4v) is 2.40. The van der Waals surface area contributed by atoms with E-state index in [9.17, 15) is 24.0 Å². The van der Waals surface area contributed by atoms with Crippen molar-refractivity contribution in [3.05, 3.63) is 39.9 Å². The van der Waals surface area contributed by atoms with Crippen LogP contribution in [-0.2, 0) is 23.9 Å². The lowest BCUT2D eigenvalue weighted by molar-refractivity contribution is -0.140. The second-order valence-electron chi connectivity index (χ2n) is 5.97. The lowest BCUT2D eigenvalue weighted by atomic mass is 9.91. The molecule has 12 heteroatoms. The van der Waals surface area contributed by atoms with E-state index in [2.05, 4.69) is 15.2 Å². The van der Waals surface area contributed by atoms with Crippen molar-refractivity contribution in [2.45, 2.75) is 13.8 Å².